The molecule has 0 N–H and O–H groups in total. The zero-order valence-electron chi connectivity index (χ0n) is 20.0. The van der Waals surface area contributed by atoms with Gasteiger partial charge in [0.2, 0.25) is 0 Å². The van der Waals surface area contributed by atoms with Gasteiger partial charge in [0, 0.05) is 35.7 Å². The minimum Gasteiger partial charge on any atom is -0.303 e. The number of aryl methyl sites for hydroxylation is 1. The lowest BCUT2D eigenvalue weighted by Gasteiger charge is -2.29. The number of fused-ring (bicyclic) bond motifs is 3. The molecule has 1 aromatic carbocycles. The van der Waals surface area contributed by atoms with E-state index in [0.717, 1.165) is 83.5 Å². The standard InChI is InChI=1S/C29H29N5O/c1-3-22(19-33-14-12-23(20-35)13-15-33)8-7-11-27-26(24-9-5-4-6-10-24)17-25-18-30-28-16-21(2)32-34(28)29(25)31-27/h3-11,16-18,20,23H,1,12-15,19H2,2H3/b11-7+,22-8+. The van der Waals surface area contributed by atoms with E-state index in [-0.39, 0.29) is 5.92 Å². The number of benzene rings is 1. The Balaban J connectivity index is 1.49. The zero-order valence-corrected chi connectivity index (χ0v) is 20.0. The maximum absolute atomic E-state index is 11.0. The zero-order chi connectivity index (χ0) is 24.2. The number of allylic oxidation sites excluding steroid dienone is 2. The third kappa shape index (κ3) is 4.98. The van der Waals surface area contributed by atoms with E-state index in [1.54, 1.807) is 0 Å². The Kier molecular flexibility index (Phi) is 6.64. The Morgan fingerprint density at radius 2 is 1.97 bits per heavy atom. The van der Waals surface area contributed by atoms with Crippen LogP contribution in [0.2, 0.25) is 0 Å². The van der Waals surface area contributed by atoms with Crippen molar-refractivity contribution in [3.63, 3.8) is 0 Å². The normalized spacial score (nSPS) is 15.9. The molecular formula is C29H29N5O. The number of aldehydes is 1. The van der Waals surface area contributed by atoms with Gasteiger partial charge in [0.1, 0.15) is 6.29 Å². The first kappa shape index (κ1) is 22.9. The van der Waals surface area contributed by atoms with Crippen molar-refractivity contribution < 1.29 is 4.79 Å². The smallest absolute Gasteiger partial charge is 0.165 e. The van der Waals surface area contributed by atoms with E-state index in [2.05, 4.69) is 45.8 Å². The highest BCUT2D eigenvalue weighted by atomic mass is 16.1. The molecular weight excluding hydrogens is 434 g/mol. The van der Waals surface area contributed by atoms with Gasteiger partial charge in [0.05, 0.1) is 11.4 Å². The van der Waals surface area contributed by atoms with Crippen LogP contribution >= 0.6 is 0 Å². The Morgan fingerprint density at radius 3 is 2.71 bits per heavy atom. The summed E-state index contributed by atoms with van der Waals surface area (Å²) in [6, 6.07) is 14.4. The predicted molar refractivity (Wildman–Crippen MR) is 141 cm³/mol. The van der Waals surface area contributed by atoms with Crippen LogP contribution in [0.5, 0.6) is 0 Å². The summed E-state index contributed by atoms with van der Waals surface area (Å²) in [4.78, 5) is 23.0. The van der Waals surface area contributed by atoms with Crippen molar-refractivity contribution in [2.45, 2.75) is 19.8 Å². The lowest BCUT2D eigenvalue weighted by molar-refractivity contribution is -0.112. The van der Waals surface area contributed by atoms with Crippen molar-refractivity contribution in [3.05, 3.63) is 90.4 Å². The number of carbonyl (C=O) groups is 1. The van der Waals surface area contributed by atoms with Crippen molar-refractivity contribution in [2.75, 3.05) is 19.6 Å². The van der Waals surface area contributed by atoms with E-state index < -0.39 is 0 Å². The maximum Gasteiger partial charge on any atom is 0.165 e. The van der Waals surface area contributed by atoms with Gasteiger partial charge >= 0.3 is 0 Å². The molecule has 0 saturated carbocycles. The van der Waals surface area contributed by atoms with Gasteiger partial charge in [-0.25, -0.2) is 9.97 Å². The molecule has 1 aliphatic heterocycles. The molecule has 176 valence electrons. The van der Waals surface area contributed by atoms with E-state index >= 15 is 0 Å². The molecule has 3 aromatic heterocycles. The Hall–Kier alpha value is -3.90. The van der Waals surface area contributed by atoms with Gasteiger partial charge in [0.25, 0.3) is 0 Å². The van der Waals surface area contributed by atoms with Crippen LogP contribution in [0.15, 0.2) is 79.0 Å². The van der Waals surface area contributed by atoms with Crippen LogP contribution in [0, 0.1) is 12.8 Å². The summed E-state index contributed by atoms with van der Waals surface area (Å²) in [6.45, 7) is 8.68. The van der Waals surface area contributed by atoms with E-state index in [9.17, 15) is 4.79 Å². The molecule has 35 heavy (non-hydrogen) atoms. The fourth-order valence-electron chi connectivity index (χ4n) is 4.60. The van der Waals surface area contributed by atoms with E-state index in [1.165, 1.54) is 0 Å². The molecule has 5 rings (SSSR count). The summed E-state index contributed by atoms with van der Waals surface area (Å²) in [6.07, 6.45) is 12.9. The van der Waals surface area contributed by atoms with Crippen LogP contribution < -0.4 is 0 Å². The van der Waals surface area contributed by atoms with Crippen molar-refractivity contribution in [3.8, 4) is 11.1 Å². The Bertz CT molecular complexity index is 1430. The van der Waals surface area contributed by atoms with Crippen molar-refractivity contribution in [2.24, 2.45) is 5.92 Å². The highest BCUT2D eigenvalue weighted by Gasteiger charge is 2.18. The molecule has 1 fully saturated rings. The molecule has 1 saturated heterocycles. The second-order valence-electron chi connectivity index (χ2n) is 9.07. The summed E-state index contributed by atoms with van der Waals surface area (Å²) in [5.74, 6) is 0.206. The van der Waals surface area contributed by atoms with Crippen molar-refractivity contribution >= 4 is 29.0 Å². The third-order valence-corrected chi connectivity index (χ3v) is 6.55. The van der Waals surface area contributed by atoms with Crippen LogP contribution in [0.4, 0.5) is 0 Å². The van der Waals surface area contributed by atoms with Crippen molar-refractivity contribution in [1.82, 2.24) is 24.5 Å². The highest BCUT2D eigenvalue weighted by Crippen LogP contribution is 2.28. The number of hydrogen-bond donors (Lipinski definition) is 0. The number of aromatic nitrogens is 4. The Labute approximate surface area is 205 Å². The SMILES string of the molecule is C=C/C(=C\C=C\c1nc2c(cnc3cc(C)nn32)cc1-c1ccccc1)CN1CCC(C=O)CC1. The summed E-state index contributed by atoms with van der Waals surface area (Å²) in [5, 5.41) is 5.54. The summed E-state index contributed by atoms with van der Waals surface area (Å²) in [5.41, 5.74) is 6.64. The minimum atomic E-state index is 0.206. The first-order valence-electron chi connectivity index (χ1n) is 12.0. The van der Waals surface area contributed by atoms with Crippen LogP contribution in [0.3, 0.4) is 0 Å². The molecule has 6 nitrogen and oxygen atoms in total. The highest BCUT2D eigenvalue weighted by molar-refractivity contribution is 5.86. The summed E-state index contributed by atoms with van der Waals surface area (Å²) >= 11 is 0. The van der Waals surface area contributed by atoms with Crippen LogP contribution in [0.25, 0.3) is 33.9 Å². The van der Waals surface area contributed by atoms with Crippen molar-refractivity contribution in [1.29, 1.82) is 0 Å². The van der Waals surface area contributed by atoms with E-state index in [4.69, 9.17) is 4.98 Å². The third-order valence-electron chi connectivity index (χ3n) is 6.55. The number of pyridine rings is 1. The second kappa shape index (κ2) is 10.2. The number of rotatable bonds is 7. The molecule has 0 unspecified atom stereocenters. The molecule has 0 bridgehead atoms. The van der Waals surface area contributed by atoms with E-state index in [0.29, 0.717) is 0 Å². The average molecular weight is 464 g/mol. The first-order valence-corrected chi connectivity index (χ1v) is 12.0. The fourth-order valence-corrected chi connectivity index (χ4v) is 4.60. The number of likely N-dealkylation sites (tertiary alicyclic amines) is 1. The Morgan fingerprint density at radius 1 is 1.17 bits per heavy atom. The predicted octanol–water partition coefficient (Wildman–Crippen LogP) is 5.29. The van der Waals surface area contributed by atoms with Crippen LogP contribution in [-0.4, -0.2) is 50.4 Å². The second-order valence-corrected chi connectivity index (χ2v) is 9.07. The minimum absolute atomic E-state index is 0.206. The molecule has 4 heterocycles. The lowest BCUT2D eigenvalue weighted by atomic mass is 9.98. The quantitative estimate of drug-likeness (QED) is 0.275. The molecule has 0 atom stereocenters. The molecule has 4 aromatic rings. The fraction of sp³-hybridized carbons (Fsp3) is 0.241. The van der Waals surface area contributed by atoms with Gasteiger partial charge < -0.3 is 4.79 Å². The number of nitrogens with zero attached hydrogens (tertiary/aromatic N) is 5. The largest absolute Gasteiger partial charge is 0.303 e. The van der Waals surface area contributed by atoms with Gasteiger partial charge in [-0.05, 0) is 56.1 Å². The van der Waals surface area contributed by atoms with E-state index in [1.807, 2.05) is 60.1 Å². The molecule has 0 amide bonds. The number of piperidine rings is 1. The van der Waals surface area contributed by atoms with Gasteiger partial charge in [-0.3, -0.25) is 4.90 Å². The topological polar surface area (TPSA) is 63.4 Å². The molecule has 0 spiro atoms. The van der Waals surface area contributed by atoms with Gasteiger partial charge in [-0.15, -0.1) is 0 Å². The summed E-state index contributed by atoms with van der Waals surface area (Å²) in [7, 11) is 0. The molecule has 0 aliphatic carbocycles. The molecule has 0 radical (unpaired) electrons. The molecule has 1 aliphatic rings. The summed E-state index contributed by atoms with van der Waals surface area (Å²) < 4.78 is 1.81. The first-order chi connectivity index (χ1) is 17.1. The number of hydrogen-bond acceptors (Lipinski definition) is 5. The maximum atomic E-state index is 11.0. The lowest BCUT2D eigenvalue weighted by Crippen LogP contribution is -2.35. The molecule has 6 heteroatoms. The van der Waals surface area contributed by atoms with Gasteiger partial charge in [-0.1, -0.05) is 55.1 Å². The average Bonchev–Trinajstić information content (AvgIpc) is 3.29. The van der Waals surface area contributed by atoms with Gasteiger partial charge in [-0.2, -0.15) is 9.61 Å². The number of carbonyl (C=O) groups excluding carboxylic acids is 1. The van der Waals surface area contributed by atoms with Crippen LogP contribution in [0.1, 0.15) is 24.2 Å². The van der Waals surface area contributed by atoms with Crippen LogP contribution in [-0.2, 0) is 4.79 Å². The monoisotopic (exact) mass is 463 g/mol. The van der Waals surface area contributed by atoms with Gasteiger partial charge in [0.15, 0.2) is 11.3 Å².